The van der Waals surface area contributed by atoms with Gasteiger partial charge >= 0.3 is 0 Å². The summed E-state index contributed by atoms with van der Waals surface area (Å²) in [6.07, 6.45) is 1.95. The number of amides is 1. The summed E-state index contributed by atoms with van der Waals surface area (Å²) in [7, 11) is 1.73. The first-order valence-corrected chi connectivity index (χ1v) is 7.66. The van der Waals surface area contributed by atoms with Gasteiger partial charge in [0.15, 0.2) is 0 Å². The summed E-state index contributed by atoms with van der Waals surface area (Å²) in [5, 5.41) is 8.18. The van der Waals surface area contributed by atoms with Crippen molar-refractivity contribution in [2.75, 3.05) is 26.8 Å². The maximum Gasteiger partial charge on any atom is 0.244 e. The number of hydrogen-bond donors (Lipinski definition) is 0. The van der Waals surface area contributed by atoms with Gasteiger partial charge < -0.3 is 9.64 Å². The Morgan fingerprint density at radius 2 is 2.05 bits per heavy atom. The first-order valence-electron chi connectivity index (χ1n) is 7.66. The smallest absolute Gasteiger partial charge is 0.244 e. The van der Waals surface area contributed by atoms with E-state index in [0.29, 0.717) is 0 Å². The van der Waals surface area contributed by atoms with Gasteiger partial charge in [-0.05, 0) is 30.4 Å². The van der Waals surface area contributed by atoms with Crippen molar-refractivity contribution in [3.63, 3.8) is 0 Å². The third kappa shape index (κ3) is 2.97. The van der Waals surface area contributed by atoms with E-state index < -0.39 is 0 Å². The lowest BCUT2D eigenvalue weighted by Crippen LogP contribution is -2.44. The first-order chi connectivity index (χ1) is 10.6. The molecule has 1 saturated heterocycles. The van der Waals surface area contributed by atoms with Crippen LogP contribution in [-0.2, 0) is 16.1 Å². The minimum Gasteiger partial charge on any atom is -0.384 e. The van der Waals surface area contributed by atoms with Crippen LogP contribution in [0.15, 0.2) is 24.3 Å². The Morgan fingerprint density at radius 1 is 1.32 bits per heavy atom. The summed E-state index contributed by atoms with van der Waals surface area (Å²) in [5.74, 6) is 0.107. The van der Waals surface area contributed by atoms with Crippen molar-refractivity contribution in [1.29, 1.82) is 0 Å². The minimum atomic E-state index is 0.107. The van der Waals surface area contributed by atoms with Gasteiger partial charge in [-0.15, -0.1) is 5.10 Å². The molecule has 0 saturated carbocycles. The van der Waals surface area contributed by atoms with Crippen molar-refractivity contribution < 1.29 is 9.53 Å². The molecule has 1 aromatic carbocycles. The molecule has 0 aliphatic carbocycles. The number of ether oxygens (including phenoxy) is 1. The number of fused-ring (bicyclic) bond motifs is 1. The number of piperidine rings is 1. The van der Waals surface area contributed by atoms with Crippen LogP contribution in [0.3, 0.4) is 0 Å². The van der Waals surface area contributed by atoms with Crippen LogP contribution in [0.4, 0.5) is 0 Å². The number of benzene rings is 1. The van der Waals surface area contributed by atoms with Gasteiger partial charge in [0.05, 0.1) is 12.1 Å². The predicted molar refractivity (Wildman–Crippen MR) is 83.3 cm³/mol. The summed E-state index contributed by atoms with van der Waals surface area (Å²) in [4.78, 5) is 14.4. The van der Waals surface area contributed by atoms with Crippen molar-refractivity contribution in [3.05, 3.63) is 24.3 Å². The second-order valence-electron chi connectivity index (χ2n) is 6.36. The molecule has 2 heterocycles. The standard InChI is InChI=1S/C16H22N4O2/c1-16(12-22-2)7-9-19(10-8-16)15(21)11-20-14-6-4-3-5-13(14)17-18-20/h3-6H,7-12H2,1-2H3. The van der Waals surface area contributed by atoms with Crippen LogP contribution in [0, 0.1) is 5.41 Å². The fraction of sp³-hybridized carbons (Fsp3) is 0.562. The number of likely N-dealkylation sites (tertiary alicyclic amines) is 1. The van der Waals surface area contributed by atoms with Gasteiger partial charge in [-0.3, -0.25) is 4.79 Å². The second-order valence-corrected chi connectivity index (χ2v) is 6.36. The van der Waals surface area contributed by atoms with Crippen LogP contribution in [0.2, 0.25) is 0 Å². The molecule has 6 heteroatoms. The molecule has 0 N–H and O–H groups in total. The molecule has 1 aliphatic heterocycles. The topological polar surface area (TPSA) is 60.2 Å². The zero-order valence-electron chi connectivity index (χ0n) is 13.2. The van der Waals surface area contributed by atoms with Gasteiger partial charge in [-0.1, -0.05) is 24.3 Å². The van der Waals surface area contributed by atoms with Crippen molar-refractivity contribution in [1.82, 2.24) is 19.9 Å². The van der Waals surface area contributed by atoms with Crippen molar-refractivity contribution in [2.45, 2.75) is 26.3 Å². The number of para-hydroxylation sites is 1. The van der Waals surface area contributed by atoms with E-state index in [1.807, 2.05) is 29.2 Å². The zero-order valence-corrected chi connectivity index (χ0v) is 13.2. The summed E-state index contributed by atoms with van der Waals surface area (Å²) in [6.45, 7) is 4.80. The first kappa shape index (κ1) is 15.0. The van der Waals surface area contributed by atoms with Gasteiger partial charge in [-0.25, -0.2) is 4.68 Å². The third-order valence-electron chi connectivity index (χ3n) is 4.52. The van der Waals surface area contributed by atoms with Crippen LogP contribution in [0.25, 0.3) is 11.0 Å². The number of carbonyl (C=O) groups excluding carboxylic acids is 1. The van der Waals surface area contributed by atoms with Crippen LogP contribution in [-0.4, -0.2) is 52.6 Å². The summed E-state index contributed by atoms with van der Waals surface area (Å²) in [6, 6.07) is 7.70. The zero-order chi connectivity index (χ0) is 15.6. The molecule has 0 spiro atoms. The Bertz CT molecular complexity index is 659. The number of aromatic nitrogens is 3. The highest BCUT2D eigenvalue weighted by atomic mass is 16.5. The summed E-state index contributed by atoms with van der Waals surface area (Å²) >= 11 is 0. The monoisotopic (exact) mass is 302 g/mol. The molecule has 1 aromatic heterocycles. The quantitative estimate of drug-likeness (QED) is 0.862. The van der Waals surface area contributed by atoms with Crippen molar-refractivity contribution >= 4 is 16.9 Å². The third-order valence-corrected chi connectivity index (χ3v) is 4.52. The lowest BCUT2D eigenvalue weighted by Gasteiger charge is -2.38. The highest BCUT2D eigenvalue weighted by Crippen LogP contribution is 2.31. The lowest BCUT2D eigenvalue weighted by atomic mass is 9.81. The maximum absolute atomic E-state index is 12.5. The molecule has 1 amide bonds. The maximum atomic E-state index is 12.5. The summed E-state index contributed by atoms with van der Waals surface area (Å²) in [5.41, 5.74) is 1.91. The lowest BCUT2D eigenvalue weighted by molar-refractivity contribution is -0.134. The van der Waals surface area contributed by atoms with E-state index in [0.717, 1.165) is 43.6 Å². The SMILES string of the molecule is COCC1(C)CCN(C(=O)Cn2nnc3ccccc32)CC1. The largest absolute Gasteiger partial charge is 0.384 e. The molecule has 1 fully saturated rings. The second kappa shape index (κ2) is 6.04. The predicted octanol–water partition coefficient (Wildman–Crippen LogP) is 1.71. The van der Waals surface area contributed by atoms with Gasteiger partial charge in [0, 0.05) is 20.2 Å². The van der Waals surface area contributed by atoms with Gasteiger partial charge in [0.1, 0.15) is 12.1 Å². The van der Waals surface area contributed by atoms with E-state index in [9.17, 15) is 4.79 Å². The van der Waals surface area contributed by atoms with Crippen LogP contribution < -0.4 is 0 Å². The normalized spacial score (nSPS) is 17.8. The molecule has 2 aromatic rings. The summed E-state index contributed by atoms with van der Waals surface area (Å²) < 4.78 is 6.97. The van der Waals surface area contributed by atoms with E-state index in [1.165, 1.54) is 0 Å². The Kier molecular flexibility index (Phi) is 4.11. The number of methoxy groups -OCH3 is 1. The molecule has 0 unspecified atom stereocenters. The molecule has 118 valence electrons. The average Bonchev–Trinajstić information content (AvgIpc) is 2.91. The Balaban J connectivity index is 1.64. The van der Waals surface area contributed by atoms with Crippen molar-refractivity contribution in [2.24, 2.45) is 5.41 Å². The van der Waals surface area contributed by atoms with Gasteiger partial charge in [-0.2, -0.15) is 0 Å². The number of hydrogen-bond acceptors (Lipinski definition) is 4. The van der Waals surface area contributed by atoms with E-state index in [4.69, 9.17) is 4.74 Å². The molecule has 0 radical (unpaired) electrons. The van der Waals surface area contributed by atoms with E-state index in [1.54, 1.807) is 11.8 Å². The van der Waals surface area contributed by atoms with Crippen LogP contribution >= 0.6 is 0 Å². The van der Waals surface area contributed by atoms with Gasteiger partial charge in [0.25, 0.3) is 0 Å². The Morgan fingerprint density at radius 3 is 2.77 bits per heavy atom. The van der Waals surface area contributed by atoms with Crippen molar-refractivity contribution in [3.8, 4) is 0 Å². The molecule has 0 atom stereocenters. The minimum absolute atomic E-state index is 0.107. The molecular weight excluding hydrogens is 280 g/mol. The fourth-order valence-corrected chi connectivity index (χ4v) is 3.05. The molecule has 22 heavy (non-hydrogen) atoms. The number of carbonyl (C=O) groups is 1. The van der Waals surface area contributed by atoms with E-state index in [2.05, 4.69) is 17.2 Å². The molecule has 3 rings (SSSR count). The average molecular weight is 302 g/mol. The fourth-order valence-electron chi connectivity index (χ4n) is 3.05. The van der Waals surface area contributed by atoms with Crippen LogP contribution in [0.5, 0.6) is 0 Å². The molecule has 0 bridgehead atoms. The Hall–Kier alpha value is -1.95. The molecule has 1 aliphatic rings. The molecule has 6 nitrogen and oxygen atoms in total. The van der Waals surface area contributed by atoms with E-state index >= 15 is 0 Å². The highest BCUT2D eigenvalue weighted by molar-refractivity contribution is 5.79. The Labute approximate surface area is 130 Å². The van der Waals surface area contributed by atoms with Gasteiger partial charge in [0.2, 0.25) is 5.91 Å². The van der Waals surface area contributed by atoms with E-state index in [-0.39, 0.29) is 17.9 Å². The number of nitrogens with zero attached hydrogens (tertiary/aromatic N) is 4. The number of rotatable bonds is 4. The highest BCUT2D eigenvalue weighted by Gasteiger charge is 2.31. The molecular formula is C16H22N4O2. The van der Waals surface area contributed by atoms with Crippen LogP contribution in [0.1, 0.15) is 19.8 Å².